The fraction of sp³-hybridized carbons (Fsp3) is 0.500. The van der Waals surface area contributed by atoms with E-state index in [0.29, 0.717) is 31.3 Å². The van der Waals surface area contributed by atoms with Crippen LogP contribution in [0.1, 0.15) is 0 Å². The first-order valence-electron chi connectivity index (χ1n) is 6.32. The molecule has 0 amide bonds. The molecule has 0 bridgehead atoms. The second-order valence-corrected chi connectivity index (χ2v) is 4.58. The minimum atomic E-state index is -0.271. The number of nitrogens with zero attached hydrogens (tertiary/aromatic N) is 1. The van der Waals surface area contributed by atoms with E-state index in [-0.39, 0.29) is 12.5 Å². The fourth-order valence-electron chi connectivity index (χ4n) is 1.56. The number of hydrogen-bond donors (Lipinski definition) is 0. The molecule has 0 saturated carbocycles. The lowest BCUT2D eigenvalue weighted by Gasteiger charge is -2.20. The SMILES string of the molecule is COCCN(CCOc1ccc(Cl)cc1)CC(=O)OC. The van der Waals surface area contributed by atoms with Gasteiger partial charge >= 0.3 is 5.97 Å². The van der Waals surface area contributed by atoms with E-state index in [9.17, 15) is 4.79 Å². The number of hydrogen-bond acceptors (Lipinski definition) is 5. The van der Waals surface area contributed by atoms with Crippen molar-refractivity contribution >= 4 is 17.6 Å². The van der Waals surface area contributed by atoms with E-state index in [4.69, 9.17) is 21.1 Å². The monoisotopic (exact) mass is 301 g/mol. The molecule has 0 spiro atoms. The second-order valence-electron chi connectivity index (χ2n) is 4.15. The molecule has 112 valence electrons. The number of methoxy groups -OCH3 is 2. The Morgan fingerprint density at radius 3 is 2.40 bits per heavy atom. The van der Waals surface area contributed by atoms with Gasteiger partial charge in [0.25, 0.3) is 0 Å². The summed E-state index contributed by atoms with van der Waals surface area (Å²) in [5, 5.41) is 0.671. The highest BCUT2D eigenvalue weighted by Gasteiger charge is 2.10. The van der Waals surface area contributed by atoms with Crippen LogP contribution in [0.3, 0.4) is 0 Å². The van der Waals surface area contributed by atoms with E-state index < -0.39 is 0 Å². The topological polar surface area (TPSA) is 48.0 Å². The minimum Gasteiger partial charge on any atom is -0.492 e. The number of carbonyl (C=O) groups excluding carboxylic acids is 1. The Morgan fingerprint density at radius 2 is 1.80 bits per heavy atom. The van der Waals surface area contributed by atoms with Crippen LogP contribution in [-0.2, 0) is 14.3 Å². The Morgan fingerprint density at radius 1 is 1.15 bits per heavy atom. The zero-order chi connectivity index (χ0) is 14.8. The largest absolute Gasteiger partial charge is 0.492 e. The number of carbonyl (C=O) groups is 1. The summed E-state index contributed by atoms with van der Waals surface area (Å²) in [5.41, 5.74) is 0. The molecule has 0 aliphatic rings. The lowest BCUT2D eigenvalue weighted by atomic mass is 10.3. The summed E-state index contributed by atoms with van der Waals surface area (Å²) in [4.78, 5) is 13.2. The van der Waals surface area contributed by atoms with Crippen molar-refractivity contribution < 1.29 is 19.0 Å². The van der Waals surface area contributed by atoms with E-state index in [1.807, 2.05) is 17.0 Å². The van der Waals surface area contributed by atoms with Crippen LogP contribution in [0.25, 0.3) is 0 Å². The van der Waals surface area contributed by atoms with Gasteiger partial charge in [-0.2, -0.15) is 0 Å². The molecule has 0 saturated heterocycles. The van der Waals surface area contributed by atoms with Gasteiger partial charge in [-0.25, -0.2) is 0 Å². The van der Waals surface area contributed by atoms with Crippen molar-refractivity contribution in [2.45, 2.75) is 0 Å². The Balaban J connectivity index is 2.36. The van der Waals surface area contributed by atoms with Crippen molar-refractivity contribution in [1.29, 1.82) is 0 Å². The molecule has 1 aromatic carbocycles. The van der Waals surface area contributed by atoms with Gasteiger partial charge in [0.2, 0.25) is 0 Å². The average Bonchev–Trinajstić information content (AvgIpc) is 2.46. The van der Waals surface area contributed by atoms with Gasteiger partial charge in [0, 0.05) is 25.2 Å². The number of ether oxygens (including phenoxy) is 3. The maximum Gasteiger partial charge on any atom is 0.319 e. The van der Waals surface area contributed by atoms with Crippen LogP contribution in [0.2, 0.25) is 5.02 Å². The van der Waals surface area contributed by atoms with Crippen molar-refractivity contribution in [3.8, 4) is 5.75 Å². The van der Waals surface area contributed by atoms with Crippen LogP contribution >= 0.6 is 11.6 Å². The maximum absolute atomic E-state index is 11.3. The van der Waals surface area contributed by atoms with Crippen LogP contribution in [0.5, 0.6) is 5.75 Å². The van der Waals surface area contributed by atoms with Crippen LogP contribution in [0, 0.1) is 0 Å². The number of rotatable bonds is 9. The first kappa shape index (κ1) is 16.8. The molecule has 5 nitrogen and oxygen atoms in total. The van der Waals surface area contributed by atoms with Gasteiger partial charge in [0.1, 0.15) is 12.4 Å². The smallest absolute Gasteiger partial charge is 0.319 e. The van der Waals surface area contributed by atoms with Gasteiger partial charge in [0.15, 0.2) is 0 Å². The summed E-state index contributed by atoms with van der Waals surface area (Å²) in [6.07, 6.45) is 0. The standard InChI is InChI=1S/C14H20ClNO4/c1-18-9-7-16(11-14(17)19-2)8-10-20-13-5-3-12(15)4-6-13/h3-6H,7-11H2,1-2H3. The van der Waals surface area contributed by atoms with Crippen molar-refractivity contribution in [3.05, 3.63) is 29.3 Å². The molecule has 0 radical (unpaired) electrons. The highest BCUT2D eigenvalue weighted by molar-refractivity contribution is 6.30. The Bertz CT molecular complexity index is 397. The molecule has 6 heteroatoms. The molecule has 0 heterocycles. The van der Waals surface area contributed by atoms with E-state index in [1.54, 1.807) is 19.2 Å². The van der Waals surface area contributed by atoms with Gasteiger partial charge in [-0.15, -0.1) is 0 Å². The Hall–Kier alpha value is -1.30. The predicted molar refractivity (Wildman–Crippen MR) is 77.3 cm³/mol. The van der Waals surface area contributed by atoms with Crippen LogP contribution in [0.15, 0.2) is 24.3 Å². The molecule has 1 aromatic rings. The summed E-state index contributed by atoms with van der Waals surface area (Å²) in [6, 6.07) is 7.16. The quantitative estimate of drug-likeness (QED) is 0.651. The maximum atomic E-state index is 11.3. The summed E-state index contributed by atoms with van der Waals surface area (Å²) in [6.45, 7) is 2.51. The van der Waals surface area contributed by atoms with Crippen molar-refractivity contribution in [2.24, 2.45) is 0 Å². The molecule has 0 unspecified atom stereocenters. The van der Waals surface area contributed by atoms with E-state index in [0.717, 1.165) is 5.75 Å². The fourth-order valence-corrected chi connectivity index (χ4v) is 1.69. The van der Waals surface area contributed by atoms with Gasteiger partial charge in [-0.1, -0.05) is 11.6 Å². The summed E-state index contributed by atoms with van der Waals surface area (Å²) < 4.78 is 15.3. The summed E-state index contributed by atoms with van der Waals surface area (Å²) in [7, 11) is 3.00. The third-order valence-corrected chi connectivity index (χ3v) is 2.93. The molecule has 1 rings (SSSR count). The van der Waals surface area contributed by atoms with Crippen LogP contribution in [-0.4, -0.2) is 57.9 Å². The number of benzene rings is 1. The molecular weight excluding hydrogens is 282 g/mol. The molecule has 20 heavy (non-hydrogen) atoms. The third kappa shape index (κ3) is 6.75. The van der Waals surface area contributed by atoms with Crippen molar-refractivity contribution in [3.63, 3.8) is 0 Å². The van der Waals surface area contributed by atoms with Crippen LogP contribution < -0.4 is 4.74 Å². The first-order chi connectivity index (χ1) is 9.65. The van der Waals surface area contributed by atoms with Crippen molar-refractivity contribution in [2.75, 3.05) is 47.1 Å². The summed E-state index contributed by atoms with van der Waals surface area (Å²) >= 11 is 5.80. The molecule has 0 aliphatic carbocycles. The van der Waals surface area contributed by atoms with Gasteiger partial charge in [-0.3, -0.25) is 9.69 Å². The average molecular weight is 302 g/mol. The molecule has 0 aromatic heterocycles. The highest BCUT2D eigenvalue weighted by atomic mass is 35.5. The summed E-state index contributed by atoms with van der Waals surface area (Å²) in [5.74, 6) is 0.478. The Labute approximate surface area is 124 Å². The molecule has 0 N–H and O–H groups in total. The highest BCUT2D eigenvalue weighted by Crippen LogP contribution is 2.15. The third-order valence-electron chi connectivity index (χ3n) is 2.68. The van der Waals surface area contributed by atoms with E-state index in [2.05, 4.69) is 4.74 Å². The van der Waals surface area contributed by atoms with Gasteiger partial charge in [0.05, 0.1) is 20.3 Å². The molecule has 0 atom stereocenters. The van der Waals surface area contributed by atoms with Crippen molar-refractivity contribution in [1.82, 2.24) is 4.90 Å². The molecular formula is C14H20ClNO4. The van der Waals surface area contributed by atoms with Crippen LogP contribution in [0.4, 0.5) is 0 Å². The lowest BCUT2D eigenvalue weighted by molar-refractivity contribution is -0.142. The van der Waals surface area contributed by atoms with E-state index in [1.165, 1.54) is 7.11 Å². The molecule has 0 aliphatic heterocycles. The second kappa shape index (κ2) is 9.58. The molecule has 0 fully saturated rings. The first-order valence-corrected chi connectivity index (χ1v) is 6.70. The van der Waals surface area contributed by atoms with E-state index >= 15 is 0 Å². The zero-order valence-electron chi connectivity index (χ0n) is 11.8. The normalized spacial score (nSPS) is 10.6. The zero-order valence-corrected chi connectivity index (χ0v) is 12.6. The lowest BCUT2D eigenvalue weighted by Crippen LogP contribution is -2.36. The number of esters is 1. The number of halogens is 1. The van der Waals surface area contributed by atoms with Gasteiger partial charge in [-0.05, 0) is 24.3 Å². The minimum absolute atomic E-state index is 0.226. The predicted octanol–water partition coefficient (Wildman–Crippen LogP) is 1.84. The van der Waals surface area contributed by atoms with Gasteiger partial charge < -0.3 is 14.2 Å². The Kier molecular flexibility index (Phi) is 8.02.